The lowest BCUT2D eigenvalue weighted by Gasteiger charge is -2.28. The zero-order valence-electron chi connectivity index (χ0n) is 20.1. The molecule has 1 aliphatic heterocycles. The van der Waals surface area contributed by atoms with Gasteiger partial charge in [0, 0.05) is 30.4 Å². The Kier molecular flexibility index (Phi) is 8.73. The van der Waals surface area contributed by atoms with Crippen LogP contribution in [0, 0.1) is 0 Å². The summed E-state index contributed by atoms with van der Waals surface area (Å²) in [5, 5.41) is 1.20. The summed E-state index contributed by atoms with van der Waals surface area (Å²) >= 11 is 0. The largest absolute Gasteiger partial charge is 0.494 e. The molecule has 3 nitrogen and oxygen atoms in total. The second kappa shape index (κ2) is 12.6. The molecule has 0 saturated carbocycles. The van der Waals surface area contributed by atoms with E-state index in [1.165, 1.54) is 41.5 Å². The molecule has 2 heterocycles. The van der Waals surface area contributed by atoms with E-state index in [0.29, 0.717) is 0 Å². The van der Waals surface area contributed by atoms with Gasteiger partial charge in [0.1, 0.15) is 5.75 Å². The average Bonchev–Trinajstić information content (AvgIpc) is 2.90. The van der Waals surface area contributed by atoms with Gasteiger partial charge in [-0.15, -0.1) is 0 Å². The van der Waals surface area contributed by atoms with Crippen LogP contribution in [0.3, 0.4) is 0 Å². The van der Waals surface area contributed by atoms with Crippen LogP contribution in [0.25, 0.3) is 17.0 Å². The van der Waals surface area contributed by atoms with Gasteiger partial charge in [0.05, 0.1) is 12.1 Å². The third-order valence-electron chi connectivity index (χ3n) is 5.98. The lowest BCUT2D eigenvalue weighted by molar-refractivity contribution is 0.305. The summed E-state index contributed by atoms with van der Waals surface area (Å²) in [6.07, 6.45) is 11.2. The number of unbranched alkanes of at least 4 members (excludes halogenated alkanes) is 3. The zero-order valence-corrected chi connectivity index (χ0v) is 20.1. The van der Waals surface area contributed by atoms with Crippen LogP contribution >= 0.6 is 0 Å². The van der Waals surface area contributed by atoms with Crippen LogP contribution < -0.4 is 9.64 Å². The van der Waals surface area contributed by atoms with Gasteiger partial charge in [-0.25, -0.2) is 0 Å². The van der Waals surface area contributed by atoms with Crippen LogP contribution in [0.1, 0.15) is 43.7 Å². The van der Waals surface area contributed by atoms with Crippen LogP contribution in [0.5, 0.6) is 5.75 Å². The minimum absolute atomic E-state index is 0.823. The van der Waals surface area contributed by atoms with Gasteiger partial charge in [0.2, 0.25) is 0 Å². The molecular formula is C31H34N2O. The average molecular weight is 451 g/mol. The lowest BCUT2D eigenvalue weighted by Crippen LogP contribution is -2.25. The van der Waals surface area contributed by atoms with E-state index in [9.17, 15) is 0 Å². The number of para-hydroxylation sites is 2. The number of pyridine rings is 1. The molecule has 0 unspecified atom stereocenters. The predicted octanol–water partition coefficient (Wildman–Crippen LogP) is 7.91. The highest BCUT2D eigenvalue weighted by atomic mass is 16.5. The first-order valence-electron chi connectivity index (χ1n) is 12.4. The normalized spacial score (nSPS) is 12.1. The maximum absolute atomic E-state index is 5.83. The Morgan fingerprint density at radius 3 is 2.47 bits per heavy atom. The van der Waals surface area contributed by atoms with E-state index in [1.807, 2.05) is 30.5 Å². The second-order valence-electron chi connectivity index (χ2n) is 8.59. The Labute approximate surface area is 203 Å². The molecule has 1 aromatic heterocycles. The molecule has 3 aromatic carbocycles. The van der Waals surface area contributed by atoms with Crippen molar-refractivity contribution in [2.75, 3.05) is 18.1 Å². The van der Waals surface area contributed by atoms with Crippen LogP contribution in [-0.2, 0) is 6.54 Å². The van der Waals surface area contributed by atoms with Crippen molar-refractivity contribution in [1.82, 2.24) is 4.98 Å². The molecule has 0 spiro atoms. The maximum atomic E-state index is 5.83. The Balaban J connectivity index is 0.000000226. The molecule has 0 radical (unpaired) electrons. The minimum Gasteiger partial charge on any atom is -0.494 e. The fraction of sp³-hybridized carbons (Fsp3) is 0.258. The van der Waals surface area contributed by atoms with E-state index in [0.717, 1.165) is 37.4 Å². The first-order valence-corrected chi connectivity index (χ1v) is 12.4. The number of hydrogen-bond donors (Lipinski definition) is 0. The zero-order chi connectivity index (χ0) is 23.4. The van der Waals surface area contributed by atoms with Crippen LogP contribution in [0.15, 0.2) is 97.2 Å². The SMILES string of the molecule is CCCCCCOc1ccc(CN2CC=Cc3ccccc32)cc1.c1ccc2ncccc2c1. The third kappa shape index (κ3) is 6.71. The van der Waals surface area contributed by atoms with Gasteiger partial charge in [-0.05, 0) is 47.9 Å². The Morgan fingerprint density at radius 2 is 1.62 bits per heavy atom. The number of rotatable bonds is 8. The number of hydrogen-bond acceptors (Lipinski definition) is 3. The Morgan fingerprint density at radius 1 is 0.824 bits per heavy atom. The summed E-state index contributed by atoms with van der Waals surface area (Å²) in [5.74, 6) is 0.981. The summed E-state index contributed by atoms with van der Waals surface area (Å²) in [6, 6.07) is 29.2. The number of fused-ring (bicyclic) bond motifs is 2. The Bertz CT molecular complexity index is 1120. The fourth-order valence-electron chi connectivity index (χ4n) is 4.12. The van der Waals surface area contributed by atoms with Crippen molar-refractivity contribution in [3.05, 3.63) is 108 Å². The molecule has 1 aliphatic rings. The quantitative estimate of drug-likeness (QED) is 0.255. The van der Waals surface area contributed by atoms with Crippen molar-refractivity contribution < 1.29 is 4.74 Å². The number of benzene rings is 3. The van der Waals surface area contributed by atoms with Crippen LogP contribution in [0.4, 0.5) is 5.69 Å². The van der Waals surface area contributed by atoms with E-state index in [2.05, 4.69) is 89.6 Å². The third-order valence-corrected chi connectivity index (χ3v) is 5.98. The molecule has 5 rings (SSSR count). The number of ether oxygens (including phenoxy) is 1. The molecule has 0 N–H and O–H groups in total. The first-order chi connectivity index (χ1) is 16.8. The number of nitrogens with zero attached hydrogens (tertiary/aromatic N) is 2. The van der Waals surface area contributed by atoms with Crippen LogP contribution in [-0.4, -0.2) is 18.1 Å². The maximum Gasteiger partial charge on any atom is 0.119 e. The van der Waals surface area contributed by atoms with E-state index < -0.39 is 0 Å². The van der Waals surface area contributed by atoms with Crippen LogP contribution in [0.2, 0.25) is 0 Å². The lowest BCUT2D eigenvalue weighted by atomic mass is 10.1. The molecule has 0 amide bonds. The molecule has 34 heavy (non-hydrogen) atoms. The standard InChI is InChI=1S/C22H27NO.C9H7N/c1-2-3-4-7-17-24-21-14-12-19(13-15-21)18-23-16-8-10-20-9-5-6-11-22(20)23;1-2-6-9-8(4-1)5-3-7-10-9/h5-6,8-15H,2-4,7,16-18H2,1H3;1-7H. The predicted molar refractivity (Wildman–Crippen MR) is 144 cm³/mol. The minimum atomic E-state index is 0.823. The number of anilines is 1. The van der Waals surface area contributed by atoms with Crippen molar-refractivity contribution in [2.45, 2.75) is 39.2 Å². The Hall–Kier alpha value is -3.59. The van der Waals surface area contributed by atoms with E-state index in [-0.39, 0.29) is 0 Å². The van der Waals surface area contributed by atoms with Gasteiger partial charge in [0.25, 0.3) is 0 Å². The van der Waals surface area contributed by atoms with Gasteiger partial charge in [-0.1, -0.05) is 92.9 Å². The number of aromatic nitrogens is 1. The van der Waals surface area contributed by atoms with Crippen molar-refractivity contribution in [1.29, 1.82) is 0 Å². The highest BCUT2D eigenvalue weighted by Gasteiger charge is 2.12. The summed E-state index contributed by atoms with van der Waals surface area (Å²) in [5.41, 5.74) is 5.00. The monoisotopic (exact) mass is 450 g/mol. The van der Waals surface area contributed by atoms with Crippen molar-refractivity contribution >= 4 is 22.7 Å². The summed E-state index contributed by atoms with van der Waals surface area (Å²) in [7, 11) is 0. The van der Waals surface area contributed by atoms with Crippen molar-refractivity contribution in [3.8, 4) is 5.75 Å². The topological polar surface area (TPSA) is 25.4 Å². The molecule has 4 aromatic rings. The van der Waals surface area contributed by atoms with Gasteiger partial charge in [-0.2, -0.15) is 0 Å². The van der Waals surface area contributed by atoms with E-state index >= 15 is 0 Å². The van der Waals surface area contributed by atoms with Gasteiger partial charge in [0.15, 0.2) is 0 Å². The van der Waals surface area contributed by atoms with Crippen molar-refractivity contribution in [3.63, 3.8) is 0 Å². The fourth-order valence-corrected chi connectivity index (χ4v) is 4.12. The highest BCUT2D eigenvalue weighted by Crippen LogP contribution is 2.27. The molecule has 0 aliphatic carbocycles. The van der Waals surface area contributed by atoms with Gasteiger partial charge >= 0.3 is 0 Å². The van der Waals surface area contributed by atoms with E-state index in [4.69, 9.17) is 4.74 Å². The summed E-state index contributed by atoms with van der Waals surface area (Å²) in [4.78, 5) is 6.59. The molecule has 0 atom stereocenters. The molecule has 174 valence electrons. The smallest absolute Gasteiger partial charge is 0.119 e. The first kappa shape index (κ1) is 23.6. The highest BCUT2D eigenvalue weighted by molar-refractivity contribution is 5.77. The molecular weight excluding hydrogens is 416 g/mol. The summed E-state index contributed by atoms with van der Waals surface area (Å²) < 4.78 is 5.83. The van der Waals surface area contributed by atoms with Crippen molar-refractivity contribution in [2.24, 2.45) is 0 Å². The van der Waals surface area contributed by atoms with Gasteiger partial charge in [-0.3, -0.25) is 4.98 Å². The second-order valence-corrected chi connectivity index (χ2v) is 8.59. The molecule has 0 bridgehead atoms. The summed E-state index contributed by atoms with van der Waals surface area (Å²) in [6.45, 7) is 4.95. The molecule has 0 fully saturated rings. The molecule has 0 saturated heterocycles. The van der Waals surface area contributed by atoms with Gasteiger partial charge < -0.3 is 9.64 Å². The molecule has 3 heteroatoms. The van der Waals surface area contributed by atoms with E-state index in [1.54, 1.807) is 0 Å².